The highest BCUT2D eigenvalue weighted by Gasteiger charge is 2.28. The van der Waals surface area contributed by atoms with Gasteiger partial charge in [-0.2, -0.15) is 4.31 Å². The largest absolute Gasteiger partial charge is 0.496 e. The zero-order valence-electron chi connectivity index (χ0n) is 18.5. The van der Waals surface area contributed by atoms with E-state index in [0.717, 1.165) is 32.1 Å². The Morgan fingerprint density at radius 1 is 0.938 bits per heavy atom. The smallest absolute Gasteiger partial charge is 0.257 e. The number of amides is 1. The predicted molar refractivity (Wildman–Crippen MR) is 125 cm³/mol. The van der Waals surface area contributed by atoms with Gasteiger partial charge < -0.3 is 9.64 Å². The summed E-state index contributed by atoms with van der Waals surface area (Å²) in [5, 5.41) is 0. The van der Waals surface area contributed by atoms with Crippen LogP contribution in [0.4, 0.5) is 0 Å². The van der Waals surface area contributed by atoms with Crippen LogP contribution in [-0.4, -0.2) is 56.8 Å². The first-order valence-electron chi connectivity index (χ1n) is 11.2. The Bertz CT molecular complexity index is 1090. The van der Waals surface area contributed by atoms with Crippen LogP contribution < -0.4 is 4.74 Å². The first-order valence-corrected chi connectivity index (χ1v) is 12.7. The molecule has 32 heavy (non-hydrogen) atoms. The van der Waals surface area contributed by atoms with Crippen LogP contribution in [0.1, 0.15) is 48.0 Å². The second kappa shape index (κ2) is 9.88. The molecule has 6 nitrogen and oxygen atoms in total. The van der Waals surface area contributed by atoms with Crippen LogP contribution in [0.2, 0.25) is 0 Å². The number of nitrogens with zero attached hydrogens (tertiary/aromatic N) is 2. The van der Waals surface area contributed by atoms with Crippen LogP contribution in [0.15, 0.2) is 59.5 Å². The lowest BCUT2D eigenvalue weighted by molar-refractivity contribution is 0.0769. The van der Waals surface area contributed by atoms with Crippen molar-refractivity contribution in [1.82, 2.24) is 9.21 Å². The monoisotopic (exact) mass is 454 g/mol. The maximum absolute atomic E-state index is 13.3. The number of hydrogen-bond donors (Lipinski definition) is 0. The summed E-state index contributed by atoms with van der Waals surface area (Å²) in [6.45, 7) is 2.11. The summed E-state index contributed by atoms with van der Waals surface area (Å²) in [6.07, 6.45) is 6.65. The molecule has 2 aromatic carbocycles. The third-order valence-electron chi connectivity index (χ3n) is 6.25. The molecule has 0 aromatic heterocycles. The molecule has 1 saturated heterocycles. The normalized spacial score (nSPS) is 18.0. The number of methoxy groups -OCH3 is 1. The first-order chi connectivity index (χ1) is 15.5. The Labute approximate surface area is 190 Å². The lowest BCUT2D eigenvalue weighted by Gasteiger charge is -2.27. The molecule has 0 aliphatic carbocycles. The molecule has 2 aliphatic rings. The molecule has 2 heterocycles. The van der Waals surface area contributed by atoms with E-state index in [1.54, 1.807) is 21.3 Å². The van der Waals surface area contributed by atoms with Gasteiger partial charge >= 0.3 is 0 Å². The number of hydrogen-bond acceptors (Lipinski definition) is 4. The summed E-state index contributed by atoms with van der Waals surface area (Å²) < 4.78 is 33.4. The number of carbonyl (C=O) groups excluding carboxylic acids is 1. The van der Waals surface area contributed by atoms with Gasteiger partial charge in [0.05, 0.1) is 17.6 Å². The van der Waals surface area contributed by atoms with Crippen molar-refractivity contribution in [2.75, 3.05) is 33.3 Å². The van der Waals surface area contributed by atoms with Crippen molar-refractivity contribution >= 4 is 21.5 Å². The standard InChI is InChI=1S/C25H30N2O4S/c1-31-24-12-11-22(32(29,30)27-15-7-2-3-8-16-27)19-23(24)25(28)26-17-13-21(14-18-26)20-9-5-4-6-10-20/h4-6,9-13,19H,2-3,7-8,14-18H2,1H3. The molecule has 7 heteroatoms. The molecule has 0 bridgehead atoms. The van der Waals surface area contributed by atoms with E-state index in [0.29, 0.717) is 37.5 Å². The molecule has 0 saturated carbocycles. The van der Waals surface area contributed by atoms with Crippen molar-refractivity contribution in [1.29, 1.82) is 0 Å². The molecule has 170 valence electrons. The second-order valence-electron chi connectivity index (χ2n) is 8.28. The highest BCUT2D eigenvalue weighted by molar-refractivity contribution is 7.89. The Balaban J connectivity index is 1.58. The van der Waals surface area contributed by atoms with E-state index in [2.05, 4.69) is 18.2 Å². The van der Waals surface area contributed by atoms with E-state index in [9.17, 15) is 13.2 Å². The van der Waals surface area contributed by atoms with Crippen molar-refractivity contribution in [3.05, 3.63) is 65.7 Å². The SMILES string of the molecule is COc1ccc(S(=O)(=O)N2CCCCCC2)cc1C(=O)N1CC=C(c2ccccc2)CC1. The maximum atomic E-state index is 13.3. The molecular weight excluding hydrogens is 424 g/mol. The molecule has 0 radical (unpaired) electrons. The Morgan fingerprint density at radius 3 is 2.28 bits per heavy atom. The van der Waals surface area contributed by atoms with Gasteiger partial charge in [-0.25, -0.2) is 8.42 Å². The van der Waals surface area contributed by atoms with E-state index in [4.69, 9.17) is 4.74 Å². The Morgan fingerprint density at radius 2 is 1.66 bits per heavy atom. The Kier molecular flexibility index (Phi) is 6.96. The molecule has 1 amide bonds. The molecule has 4 rings (SSSR count). The quantitative estimate of drug-likeness (QED) is 0.680. The average molecular weight is 455 g/mol. The highest BCUT2D eigenvalue weighted by Crippen LogP contribution is 2.29. The number of sulfonamides is 1. The van der Waals surface area contributed by atoms with E-state index in [-0.39, 0.29) is 10.8 Å². The van der Waals surface area contributed by atoms with Crippen LogP contribution >= 0.6 is 0 Å². The van der Waals surface area contributed by atoms with Crippen molar-refractivity contribution in [2.45, 2.75) is 37.0 Å². The third-order valence-corrected chi connectivity index (χ3v) is 8.14. The molecule has 0 spiro atoms. The van der Waals surface area contributed by atoms with Crippen LogP contribution in [0.5, 0.6) is 5.75 Å². The summed E-state index contributed by atoms with van der Waals surface area (Å²) in [4.78, 5) is 15.2. The van der Waals surface area contributed by atoms with Crippen molar-refractivity contribution in [3.8, 4) is 5.75 Å². The van der Waals surface area contributed by atoms with Gasteiger partial charge in [0.1, 0.15) is 5.75 Å². The first kappa shape index (κ1) is 22.6. The van der Waals surface area contributed by atoms with E-state index in [1.165, 1.54) is 24.3 Å². The van der Waals surface area contributed by atoms with Gasteiger partial charge in [-0.05, 0) is 48.6 Å². The summed E-state index contributed by atoms with van der Waals surface area (Å²) in [5.41, 5.74) is 2.68. The topological polar surface area (TPSA) is 66.9 Å². The van der Waals surface area contributed by atoms with Crippen LogP contribution in [0, 0.1) is 0 Å². The van der Waals surface area contributed by atoms with Crippen LogP contribution in [-0.2, 0) is 10.0 Å². The number of rotatable bonds is 5. The predicted octanol–water partition coefficient (Wildman–Crippen LogP) is 4.19. The lowest BCUT2D eigenvalue weighted by Crippen LogP contribution is -2.35. The van der Waals surface area contributed by atoms with Crippen molar-refractivity contribution < 1.29 is 17.9 Å². The molecule has 1 fully saturated rings. The van der Waals surface area contributed by atoms with E-state index in [1.807, 2.05) is 18.2 Å². The second-order valence-corrected chi connectivity index (χ2v) is 10.2. The van der Waals surface area contributed by atoms with Gasteiger partial charge in [0.2, 0.25) is 10.0 Å². The van der Waals surface area contributed by atoms with E-state index < -0.39 is 10.0 Å². The average Bonchev–Trinajstić information content (AvgIpc) is 3.14. The highest BCUT2D eigenvalue weighted by atomic mass is 32.2. The Hall–Kier alpha value is -2.64. The summed E-state index contributed by atoms with van der Waals surface area (Å²) in [5.74, 6) is 0.181. The van der Waals surface area contributed by atoms with Gasteiger partial charge in [-0.15, -0.1) is 0 Å². The summed E-state index contributed by atoms with van der Waals surface area (Å²) in [6, 6.07) is 14.8. The molecule has 0 unspecified atom stereocenters. The third kappa shape index (κ3) is 4.74. The summed E-state index contributed by atoms with van der Waals surface area (Å²) in [7, 11) is -2.15. The molecule has 2 aromatic rings. The molecular formula is C25H30N2O4S. The fourth-order valence-electron chi connectivity index (χ4n) is 4.38. The van der Waals surface area contributed by atoms with Gasteiger partial charge in [0, 0.05) is 26.2 Å². The van der Waals surface area contributed by atoms with Gasteiger partial charge in [0.15, 0.2) is 0 Å². The summed E-state index contributed by atoms with van der Waals surface area (Å²) >= 11 is 0. The minimum Gasteiger partial charge on any atom is -0.496 e. The fourth-order valence-corrected chi connectivity index (χ4v) is 5.93. The molecule has 0 N–H and O–H groups in total. The zero-order valence-corrected chi connectivity index (χ0v) is 19.3. The maximum Gasteiger partial charge on any atom is 0.257 e. The zero-order chi connectivity index (χ0) is 22.6. The van der Waals surface area contributed by atoms with Crippen molar-refractivity contribution in [2.24, 2.45) is 0 Å². The van der Waals surface area contributed by atoms with Gasteiger partial charge in [-0.3, -0.25) is 4.79 Å². The molecule has 0 atom stereocenters. The van der Waals surface area contributed by atoms with Gasteiger partial charge in [-0.1, -0.05) is 49.2 Å². The van der Waals surface area contributed by atoms with Crippen LogP contribution in [0.3, 0.4) is 0 Å². The lowest BCUT2D eigenvalue weighted by atomic mass is 9.99. The minimum atomic E-state index is -3.65. The fraction of sp³-hybridized carbons (Fsp3) is 0.400. The van der Waals surface area contributed by atoms with Gasteiger partial charge in [0.25, 0.3) is 5.91 Å². The number of carbonyl (C=O) groups is 1. The van der Waals surface area contributed by atoms with Crippen LogP contribution in [0.25, 0.3) is 5.57 Å². The molecule has 2 aliphatic heterocycles. The number of benzene rings is 2. The van der Waals surface area contributed by atoms with Crippen molar-refractivity contribution in [3.63, 3.8) is 0 Å². The minimum absolute atomic E-state index is 0.154. The van der Waals surface area contributed by atoms with E-state index >= 15 is 0 Å². The number of ether oxygens (including phenoxy) is 1.